The molecule has 3 fully saturated rings. The number of hydrogen-bond donors (Lipinski definition) is 1. The van der Waals surface area contributed by atoms with Gasteiger partial charge in [-0.05, 0) is 62.2 Å². The number of rotatable bonds is 4. The molecule has 0 radical (unpaired) electrons. The van der Waals surface area contributed by atoms with Crippen LogP contribution in [-0.2, 0) is 0 Å². The van der Waals surface area contributed by atoms with Crippen LogP contribution in [0.2, 0.25) is 0 Å². The normalized spacial score (nSPS) is 24.0. The zero-order valence-corrected chi connectivity index (χ0v) is 15.4. The Morgan fingerprint density at radius 1 is 1.27 bits per heavy atom. The molecular formula is C19H22ClFN2O3. The van der Waals surface area contributed by atoms with E-state index in [1.54, 1.807) is 24.3 Å². The second kappa shape index (κ2) is 7.68. The monoisotopic (exact) mass is 380 g/mol. The van der Waals surface area contributed by atoms with Crippen molar-refractivity contribution in [3.63, 3.8) is 0 Å². The van der Waals surface area contributed by atoms with Gasteiger partial charge < -0.3 is 19.4 Å². The Morgan fingerprint density at radius 3 is 2.65 bits per heavy atom. The number of benzene rings is 1. The molecule has 2 aromatic rings. The number of carbonyl (C=O) groups is 1. The fraction of sp³-hybridized carbons (Fsp3) is 0.421. The summed E-state index contributed by atoms with van der Waals surface area (Å²) in [5, 5.41) is 3.09. The summed E-state index contributed by atoms with van der Waals surface area (Å²) in [6.45, 7) is 3.17. The zero-order chi connectivity index (χ0) is 17.4. The van der Waals surface area contributed by atoms with Crippen LogP contribution in [-0.4, -0.2) is 43.6 Å². The fourth-order valence-electron chi connectivity index (χ4n) is 3.80. The van der Waals surface area contributed by atoms with Gasteiger partial charge in [0, 0.05) is 18.2 Å². The van der Waals surface area contributed by atoms with E-state index in [0.29, 0.717) is 17.2 Å². The Kier molecular flexibility index (Phi) is 5.53. The lowest BCUT2D eigenvalue weighted by Crippen LogP contribution is -2.57. The molecule has 3 aliphatic heterocycles. The lowest BCUT2D eigenvalue weighted by molar-refractivity contribution is 0.0606. The molecule has 1 atom stereocenters. The van der Waals surface area contributed by atoms with Gasteiger partial charge in [-0.15, -0.1) is 12.4 Å². The summed E-state index contributed by atoms with van der Waals surface area (Å²) in [6.07, 6.45) is 2.28. The van der Waals surface area contributed by atoms with Gasteiger partial charge in [0.2, 0.25) is 0 Å². The lowest BCUT2D eigenvalue weighted by atomic mass is 9.84. The van der Waals surface area contributed by atoms with E-state index in [2.05, 4.69) is 10.2 Å². The van der Waals surface area contributed by atoms with Crippen molar-refractivity contribution < 1.29 is 18.3 Å². The van der Waals surface area contributed by atoms with Crippen LogP contribution in [0.3, 0.4) is 0 Å². The number of ether oxygens (including phenoxy) is 1. The quantitative estimate of drug-likeness (QED) is 0.883. The number of nitrogens with one attached hydrogen (secondary N) is 1. The zero-order valence-electron chi connectivity index (χ0n) is 14.5. The summed E-state index contributed by atoms with van der Waals surface area (Å²) in [4.78, 5) is 14.9. The average Bonchev–Trinajstić information content (AvgIpc) is 3.13. The number of hydrogen-bond acceptors (Lipinski definition) is 4. The third-order valence-corrected chi connectivity index (χ3v) is 5.24. The van der Waals surface area contributed by atoms with Crippen LogP contribution in [0.4, 0.5) is 4.39 Å². The van der Waals surface area contributed by atoms with Crippen molar-refractivity contribution in [3.8, 4) is 17.1 Å². The van der Waals surface area contributed by atoms with Gasteiger partial charge in [-0.25, -0.2) is 4.39 Å². The Hall–Kier alpha value is -2.05. The van der Waals surface area contributed by atoms with E-state index in [4.69, 9.17) is 9.15 Å². The van der Waals surface area contributed by atoms with Crippen LogP contribution in [0, 0.1) is 11.7 Å². The fourth-order valence-corrected chi connectivity index (χ4v) is 3.80. The number of furan rings is 1. The highest BCUT2D eigenvalue weighted by Gasteiger charge is 2.35. The third-order valence-electron chi connectivity index (χ3n) is 5.24. The van der Waals surface area contributed by atoms with Gasteiger partial charge >= 0.3 is 0 Å². The van der Waals surface area contributed by atoms with E-state index in [9.17, 15) is 9.18 Å². The van der Waals surface area contributed by atoms with E-state index in [1.807, 2.05) is 0 Å². The van der Waals surface area contributed by atoms with E-state index in [1.165, 1.54) is 13.2 Å². The van der Waals surface area contributed by atoms with Crippen molar-refractivity contribution >= 4 is 18.3 Å². The first-order valence-electron chi connectivity index (χ1n) is 8.61. The summed E-state index contributed by atoms with van der Waals surface area (Å²) < 4.78 is 24.4. The summed E-state index contributed by atoms with van der Waals surface area (Å²) in [5.74, 6) is 0.770. The van der Waals surface area contributed by atoms with Crippen LogP contribution in [0.25, 0.3) is 11.3 Å². The van der Waals surface area contributed by atoms with Crippen LogP contribution in [0.1, 0.15) is 23.4 Å². The van der Waals surface area contributed by atoms with E-state index >= 15 is 0 Å². The molecule has 26 heavy (non-hydrogen) atoms. The SMILES string of the molecule is COc1ccc(-c2ccc(C(=O)N[C@H]3CN4CCC3CC4)o2)cc1F.Cl. The van der Waals surface area contributed by atoms with Crippen LogP contribution in [0.5, 0.6) is 5.75 Å². The molecule has 4 heterocycles. The molecule has 5 nitrogen and oxygen atoms in total. The number of halogens is 2. The first kappa shape index (κ1) is 18.7. The highest BCUT2D eigenvalue weighted by molar-refractivity contribution is 5.92. The number of amides is 1. The number of methoxy groups -OCH3 is 1. The molecule has 1 aromatic heterocycles. The average molecular weight is 381 g/mol. The van der Waals surface area contributed by atoms with Gasteiger partial charge in [0.1, 0.15) is 5.76 Å². The Morgan fingerprint density at radius 2 is 2.04 bits per heavy atom. The van der Waals surface area contributed by atoms with Crippen LogP contribution in [0.15, 0.2) is 34.7 Å². The van der Waals surface area contributed by atoms with Crippen molar-refractivity contribution in [1.29, 1.82) is 0 Å². The lowest BCUT2D eigenvalue weighted by Gasteiger charge is -2.44. The second-order valence-electron chi connectivity index (χ2n) is 6.73. The third kappa shape index (κ3) is 3.57. The van der Waals surface area contributed by atoms with Crippen molar-refractivity contribution in [2.45, 2.75) is 18.9 Å². The standard InChI is InChI=1S/C19H21FN2O3.ClH/c1-24-17-3-2-13(10-14(17)20)16-4-5-18(25-16)19(23)21-15-11-22-8-6-12(15)7-9-22;/h2-5,10,12,15H,6-9,11H2,1H3,(H,21,23);1H/t15-;/m0./s1. The van der Waals surface area contributed by atoms with Gasteiger partial charge in [0.25, 0.3) is 5.91 Å². The number of carbonyl (C=O) groups excluding carboxylic acids is 1. The van der Waals surface area contributed by atoms with Crippen molar-refractivity contribution in [3.05, 3.63) is 41.9 Å². The summed E-state index contributed by atoms with van der Waals surface area (Å²) >= 11 is 0. The molecule has 140 valence electrons. The van der Waals surface area contributed by atoms with Gasteiger partial charge in [0.15, 0.2) is 17.3 Å². The molecule has 3 aliphatic rings. The summed E-state index contributed by atoms with van der Waals surface area (Å²) in [5.41, 5.74) is 0.570. The minimum Gasteiger partial charge on any atom is -0.494 e. The number of nitrogens with zero attached hydrogens (tertiary/aromatic N) is 1. The molecule has 0 saturated carbocycles. The predicted molar refractivity (Wildman–Crippen MR) is 98.3 cm³/mol. The topological polar surface area (TPSA) is 54.7 Å². The number of piperidine rings is 3. The summed E-state index contributed by atoms with van der Waals surface area (Å²) in [7, 11) is 1.42. The minimum atomic E-state index is -0.463. The Labute approximate surface area is 157 Å². The molecule has 5 rings (SSSR count). The highest BCUT2D eigenvalue weighted by Crippen LogP contribution is 2.29. The highest BCUT2D eigenvalue weighted by atomic mass is 35.5. The van der Waals surface area contributed by atoms with E-state index in [0.717, 1.165) is 32.5 Å². The summed E-state index contributed by atoms with van der Waals surface area (Å²) in [6, 6.07) is 8.09. The van der Waals surface area contributed by atoms with Crippen LogP contribution >= 0.6 is 12.4 Å². The van der Waals surface area contributed by atoms with Crippen molar-refractivity contribution in [1.82, 2.24) is 10.2 Å². The smallest absolute Gasteiger partial charge is 0.287 e. The van der Waals surface area contributed by atoms with Gasteiger partial charge in [-0.2, -0.15) is 0 Å². The first-order chi connectivity index (χ1) is 12.1. The predicted octanol–water partition coefficient (Wildman–Crippen LogP) is 3.34. The molecule has 1 aromatic carbocycles. The molecule has 3 saturated heterocycles. The molecule has 0 aliphatic carbocycles. The maximum atomic E-state index is 13.8. The molecule has 7 heteroatoms. The van der Waals surface area contributed by atoms with E-state index in [-0.39, 0.29) is 35.9 Å². The Balaban J connectivity index is 0.00000196. The second-order valence-corrected chi connectivity index (χ2v) is 6.73. The molecular weight excluding hydrogens is 359 g/mol. The maximum absolute atomic E-state index is 13.8. The number of fused-ring (bicyclic) bond motifs is 3. The Bertz CT molecular complexity index is 787. The van der Waals surface area contributed by atoms with Crippen molar-refractivity contribution in [2.75, 3.05) is 26.7 Å². The molecule has 1 N–H and O–H groups in total. The van der Waals surface area contributed by atoms with Crippen LogP contribution < -0.4 is 10.1 Å². The maximum Gasteiger partial charge on any atom is 0.287 e. The van der Waals surface area contributed by atoms with Gasteiger partial charge in [-0.3, -0.25) is 4.79 Å². The van der Waals surface area contributed by atoms with E-state index < -0.39 is 5.82 Å². The largest absolute Gasteiger partial charge is 0.494 e. The molecule has 1 amide bonds. The van der Waals surface area contributed by atoms with Crippen molar-refractivity contribution in [2.24, 2.45) is 5.92 Å². The van der Waals surface area contributed by atoms with Gasteiger partial charge in [0.05, 0.1) is 7.11 Å². The first-order valence-corrected chi connectivity index (χ1v) is 8.61. The molecule has 0 spiro atoms. The molecule has 2 bridgehead atoms. The molecule has 0 unspecified atom stereocenters. The minimum absolute atomic E-state index is 0. The van der Waals surface area contributed by atoms with Gasteiger partial charge in [-0.1, -0.05) is 0 Å².